The predicted molar refractivity (Wildman–Crippen MR) is 100 cm³/mol. The molecular weight excluding hydrogens is 388 g/mol. The van der Waals surface area contributed by atoms with Crippen molar-refractivity contribution in [1.29, 1.82) is 0 Å². The Balaban J connectivity index is 1.83. The molecule has 10 heteroatoms. The van der Waals surface area contributed by atoms with Crippen LogP contribution in [0.15, 0.2) is 39.7 Å². The van der Waals surface area contributed by atoms with Gasteiger partial charge in [0.15, 0.2) is 0 Å². The van der Waals surface area contributed by atoms with E-state index in [1.807, 2.05) is 0 Å². The highest BCUT2D eigenvalue weighted by molar-refractivity contribution is 8.18. The molecule has 28 heavy (non-hydrogen) atoms. The van der Waals surface area contributed by atoms with Gasteiger partial charge in [-0.3, -0.25) is 29.4 Å². The second-order valence-electron chi connectivity index (χ2n) is 5.80. The molecule has 2 heterocycles. The maximum atomic E-state index is 12.3. The number of esters is 1. The number of rotatable bonds is 5. The largest absolute Gasteiger partial charge is 0.468 e. The quantitative estimate of drug-likeness (QED) is 0.323. The van der Waals surface area contributed by atoms with Gasteiger partial charge in [-0.2, -0.15) is 0 Å². The van der Waals surface area contributed by atoms with Crippen molar-refractivity contribution < 1.29 is 28.5 Å². The van der Waals surface area contributed by atoms with Crippen LogP contribution in [0.25, 0.3) is 17.4 Å². The smallest absolute Gasteiger partial charge is 0.325 e. The summed E-state index contributed by atoms with van der Waals surface area (Å²) in [5, 5.41) is 10.3. The van der Waals surface area contributed by atoms with Crippen molar-refractivity contribution in [3.63, 3.8) is 0 Å². The van der Waals surface area contributed by atoms with Crippen LogP contribution in [0.3, 0.4) is 0 Å². The molecule has 1 fully saturated rings. The molecular formula is C18H14N2O7S. The van der Waals surface area contributed by atoms with Crippen LogP contribution in [0, 0.1) is 17.0 Å². The van der Waals surface area contributed by atoms with Gasteiger partial charge >= 0.3 is 5.97 Å². The molecule has 0 unspecified atom stereocenters. The van der Waals surface area contributed by atoms with Gasteiger partial charge in [-0.05, 0) is 42.4 Å². The van der Waals surface area contributed by atoms with Crippen molar-refractivity contribution in [2.45, 2.75) is 6.92 Å². The molecule has 3 rings (SSSR count). The zero-order valence-corrected chi connectivity index (χ0v) is 15.6. The molecule has 2 amide bonds. The molecule has 0 atom stereocenters. The molecule has 0 aliphatic carbocycles. The lowest BCUT2D eigenvalue weighted by molar-refractivity contribution is -0.384. The lowest BCUT2D eigenvalue weighted by atomic mass is 10.1. The first-order chi connectivity index (χ1) is 13.3. The lowest BCUT2D eigenvalue weighted by Gasteiger charge is -2.09. The lowest BCUT2D eigenvalue weighted by Crippen LogP contribution is -2.34. The highest BCUT2D eigenvalue weighted by Gasteiger charge is 2.36. The summed E-state index contributed by atoms with van der Waals surface area (Å²) in [6, 6.07) is 7.68. The fourth-order valence-corrected chi connectivity index (χ4v) is 3.39. The summed E-state index contributed by atoms with van der Waals surface area (Å²) >= 11 is 0.698. The second-order valence-corrected chi connectivity index (χ2v) is 6.80. The minimum atomic E-state index is -0.697. The molecule has 0 bridgehead atoms. The fraction of sp³-hybridized carbons (Fsp3) is 0.167. The van der Waals surface area contributed by atoms with Crippen molar-refractivity contribution in [2.75, 3.05) is 13.7 Å². The Morgan fingerprint density at radius 1 is 1.32 bits per heavy atom. The van der Waals surface area contributed by atoms with Gasteiger partial charge in [0.25, 0.3) is 16.8 Å². The van der Waals surface area contributed by atoms with Gasteiger partial charge in [-0.15, -0.1) is 0 Å². The molecule has 1 aliphatic rings. The molecule has 0 N–H and O–H groups in total. The van der Waals surface area contributed by atoms with Crippen molar-refractivity contribution in [1.82, 2.24) is 4.90 Å². The molecule has 1 saturated heterocycles. The second kappa shape index (κ2) is 7.69. The maximum Gasteiger partial charge on any atom is 0.325 e. The van der Waals surface area contributed by atoms with Gasteiger partial charge in [0.1, 0.15) is 18.1 Å². The Kier molecular flexibility index (Phi) is 5.32. The summed E-state index contributed by atoms with van der Waals surface area (Å²) in [6.45, 7) is 1.27. The first-order valence-electron chi connectivity index (χ1n) is 7.97. The number of hydrogen-bond donors (Lipinski definition) is 0. The number of carbonyl (C=O) groups is 3. The number of non-ortho nitro benzene ring substituents is 1. The van der Waals surface area contributed by atoms with E-state index in [-0.39, 0.29) is 10.6 Å². The number of benzene rings is 1. The van der Waals surface area contributed by atoms with Gasteiger partial charge in [-0.1, -0.05) is 0 Å². The van der Waals surface area contributed by atoms with E-state index in [0.717, 1.165) is 4.90 Å². The average molecular weight is 402 g/mol. The number of imide groups is 1. The number of nitro benzene ring substituents is 1. The molecule has 0 saturated carbocycles. The van der Waals surface area contributed by atoms with Crippen LogP contribution in [-0.4, -0.2) is 40.6 Å². The van der Waals surface area contributed by atoms with Crippen LogP contribution < -0.4 is 0 Å². The monoisotopic (exact) mass is 402 g/mol. The first-order valence-corrected chi connectivity index (χ1v) is 8.79. The summed E-state index contributed by atoms with van der Waals surface area (Å²) < 4.78 is 10.2. The van der Waals surface area contributed by atoms with E-state index in [0.29, 0.717) is 34.4 Å². The minimum Gasteiger partial charge on any atom is -0.468 e. The molecule has 1 aromatic carbocycles. The third-order valence-electron chi connectivity index (χ3n) is 3.97. The standard InChI is InChI=1S/C18H14N2O7S/c1-10-7-11(20(24)25)3-5-13(10)14-6-4-12(27-14)8-15-17(22)19(18(23)28-15)9-16(21)26-2/h3-8H,9H2,1-2H3/b15-8-. The van der Waals surface area contributed by atoms with E-state index in [9.17, 15) is 24.5 Å². The van der Waals surface area contributed by atoms with E-state index in [2.05, 4.69) is 4.74 Å². The number of ether oxygens (including phenoxy) is 1. The van der Waals surface area contributed by atoms with Gasteiger partial charge in [0, 0.05) is 23.8 Å². The van der Waals surface area contributed by atoms with E-state index >= 15 is 0 Å². The normalized spacial score (nSPS) is 15.4. The highest BCUT2D eigenvalue weighted by Crippen LogP contribution is 2.34. The van der Waals surface area contributed by atoms with E-state index < -0.39 is 28.6 Å². The predicted octanol–water partition coefficient (Wildman–Crippen LogP) is 3.37. The molecule has 0 radical (unpaired) electrons. The molecule has 2 aromatic rings. The van der Waals surface area contributed by atoms with Crippen LogP contribution >= 0.6 is 11.8 Å². The number of nitro groups is 1. The molecule has 1 aliphatic heterocycles. The number of amides is 2. The minimum absolute atomic E-state index is 0.0210. The van der Waals surface area contributed by atoms with Crippen LogP contribution in [0.5, 0.6) is 0 Å². The maximum absolute atomic E-state index is 12.3. The summed E-state index contributed by atoms with van der Waals surface area (Å²) in [5.41, 5.74) is 1.31. The van der Waals surface area contributed by atoms with Crippen molar-refractivity contribution in [3.8, 4) is 11.3 Å². The Morgan fingerprint density at radius 3 is 2.71 bits per heavy atom. The number of carbonyl (C=O) groups excluding carboxylic acids is 3. The fourth-order valence-electron chi connectivity index (χ4n) is 2.57. The summed E-state index contributed by atoms with van der Waals surface area (Å²) in [4.78, 5) is 46.8. The summed E-state index contributed by atoms with van der Waals surface area (Å²) in [7, 11) is 1.17. The van der Waals surface area contributed by atoms with Crippen molar-refractivity contribution in [3.05, 3.63) is 56.7 Å². The van der Waals surface area contributed by atoms with Crippen LogP contribution in [0.4, 0.5) is 10.5 Å². The van der Waals surface area contributed by atoms with Crippen LogP contribution in [-0.2, 0) is 14.3 Å². The highest BCUT2D eigenvalue weighted by atomic mass is 32.2. The molecule has 1 aromatic heterocycles. The number of nitrogens with zero attached hydrogens (tertiary/aromatic N) is 2. The zero-order chi connectivity index (χ0) is 20.4. The van der Waals surface area contributed by atoms with Gasteiger partial charge in [-0.25, -0.2) is 0 Å². The third-order valence-corrected chi connectivity index (χ3v) is 4.88. The van der Waals surface area contributed by atoms with E-state index in [1.54, 1.807) is 25.1 Å². The number of thioether (sulfide) groups is 1. The number of furan rings is 1. The number of hydrogen-bond acceptors (Lipinski definition) is 8. The zero-order valence-electron chi connectivity index (χ0n) is 14.8. The Labute approximate surface area is 163 Å². The number of methoxy groups -OCH3 is 1. The SMILES string of the molecule is COC(=O)CN1C(=O)S/C(=C\c2ccc(-c3ccc([N+](=O)[O-])cc3C)o2)C1=O. The van der Waals surface area contributed by atoms with Crippen molar-refractivity contribution in [2.24, 2.45) is 0 Å². The van der Waals surface area contributed by atoms with Crippen LogP contribution in [0.1, 0.15) is 11.3 Å². The van der Waals surface area contributed by atoms with Crippen LogP contribution in [0.2, 0.25) is 0 Å². The average Bonchev–Trinajstić information content (AvgIpc) is 3.21. The molecule has 144 valence electrons. The Morgan fingerprint density at radius 2 is 2.07 bits per heavy atom. The Hall–Kier alpha value is -3.40. The molecule has 9 nitrogen and oxygen atoms in total. The van der Waals surface area contributed by atoms with Gasteiger partial charge in [0.05, 0.1) is 16.9 Å². The van der Waals surface area contributed by atoms with Crippen molar-refractivity contribution >= 4 is 40.6 Å². The molecule has 0 spiro atoms. The Bertz CT molecular complexity index is 1020. The summed E-state index contributed by atoms with van der Waals surface area (Å²) in [6.07, 6.45) is 1.41. The number of aryl methyl sites for hydroxylation is 1. The summed E-state index contributed by atoms with van der Waals surface area (Å²) in [5.74, 6) is -0.508. The van der Waals surface area contributed by atoms with Gasteiger partial charge < -0.3 is 9.15 Å². The van der Waals surface area contributed by atoms with E-state index in [1.165, 1.54) is 25.3 Å². The topological polar surface area (TPSA) is 120 Å². The van der Waals surface area contributed by atoms with Gasteiger partial charge in [0.2, 0.25) is 0 Å². The van der Waals surface area contributed by atoms with E-state index in [4.69, 9.17) is 4.42 Å². The third kappa shape index (κ3) is 3.81. The first kappa shape index (κ1) is 19.4.